The summed E-state index contributed by atoms with van der Waals surface area (Å²) in [6.07, 6.45) is 4.92. The van der Waals surface area contributed by atoms with Gasteiger partial charge in [0.05, 0.1) is 0 Å². The van der Waals surface area contributed by atoms with Crippen LogP contribution in [0.3, 0.4) is 0 Å². The topological polar surface area (TPSA) is 43.9 Å². The van der Waals surface area contributed by atoms with E-state index in [9.17, 15) is 9.59 Å². The third kappa shape index (κ3) is 2.68. The number of piperazine rings is 1. The average Bonchev–Trinajstić information content (AvgIpc) is 2.95. The number of nitrogens with zero attached hydrogens (tertiary/aromatic N) is 3. The van der Waals surface area contributed by atoms with E-state index in [1.165, 1.54) is 12.8 Å². The van der Waals surface area contributed by atoms with Crippen LogP contribution in [0.15, 0.2) is 0 Å². The van der Waals surface area contributed by atoms with E-state index in [-0.39, 0.29) is 23.9 Å². The second kappa shape index (κ2) is 5.95. The van der Waals surface area contributed by atoms with E-state index in [0.717, 1.165) is 45.4 Å². The van der Waals surface area contributed by atoms with Gasteiger partial charge in [-0.2, -0.15) is 0 Å². The van der Waals surface area contributed by atoms with Crippen LogP contribution in [0.1, 0.15) is 39.0 Å². The van der Waals surface area contributed by atoms with E-state index in [2.05, 4.69) is 11.9 Å². The number of hydrogen-bond acceptors (Lipinski definition) is 3. The van der Waals surface area contributed by atoms with E-state index < -0.39 is 0 Å². The summed E-state index contributed by atoms with van der Waals surface area (Å²) in [6, 6.07) is -0.388. The summed E-state index contributed by atoms with van der Waals surface area (Å²) in [5.74, 6) is 0.901. The van der Waals surface area contributed by atoms with Gasteiger partial charge in [-0.15, -0.1) is 0 Å². The molecule has 118 valence electrons. The average molecular weight is 293 g/mol. The predicted octanol–water partition coefficient (Wildman–Crippen LogP) is 0.940. The van der Waals surface area contributed by atoms with Crippen molar-refractivity contribution in [2.24, 2.45) is 5.92 Å². The van der Waals surface area contributed by atoms with Crippen LogP contribution in [-0.4, -0.2) is 71.8 Å². The van der Waals surface area contributed by atoms with Gasteiger partial charge in [0.1, 0.15) is 12.1 Å². The summed E-state index contributed by atoms with van der Waals surface area (Å²) >= 11 is 0. The van der Waals surface area contributed by atoms with Crippen LogP contribution in [0, 0.1) is 5.92 Å². The molecule has 0 aromatic heterocycles. The molecule has 3 aliphatic heterocycles. The maximum Gasteiger partial charge on any atom is 0.246 e. The molecule has 0 radical (unpaired) electrons. The summed E-state index contributed by atoms with van der Waals surface area (Å²) in [5.41, 5.74) is 0. The molecule has 0 spiro atoms. The first-order chi connectivity index (χ1) is 10.1. The summed E-state index contributed by atoms with van der Waals surface area (Å²) in [6.45, 7) is 5.75. The van der Waals surface area contributed by atoms with Gasteiger partial charge in [0.15, 0.2) is 0 Å². The van der Waals surface area contributed by atoms with Crippen LogP contribution in [0.5, 0.6) is 0 Å². The summed E-state index contributed by atoms with van der Waals surface area (Å²) < 4.78 is 0. The molecular weight excluding hydrogens is 266 g/mol. The molecule has 0 aliphatic carbocycles. The molecule has 21 heavy (non-hydrogen) atoms. The number of carbonyl (C=O) groups is 2. The highest BCUT2D eigenvalue weighted by atomic mass is 16.2. The Morgan fingerprint density at radius 3 is 2.57 bits per heavy atom. The van der Waals surface area contributed by atoms with Gasteiger partial charge >= 0.3 is 0 Å². The molecule has 0 aromatic rings. The van der Waals surface area contributed by atoms with Gasteiger partial charge in [-0.25, -0.2) is 0 Å². The molecule has 3 fully saturated rings. The predicted molar refractivity (Wildman–Crippen MR) is 80.7 cm³/mol. The molecule has 0 saturated carbocycles. The molecule has 2 amide bonds. The fraction of sp³-hybridized carbons (Fsp3) is 0.875. The quantitative estimate of drug-likeness (QED) is 0.778. The smallest absolute Gasteiger partial charge is 0.246 e. The van der Waals surface area contributed by atoms with Crippen molar-refractivity contribution < 1.29 is 9.59 Å². The molecule has 3 aliphatic rings. The van der Waals surface area contributed by atoms with Gasteiger partial charge in [-0.05, 0) is 51.6 Å². The van der Waals surface area contributed by atoms with Gasteiger partial charge in [0.2, 0.25) is 11.8 Å². The molecule has 3 saturated heterocycles. The Bertz CT molecular complexity index is 426. The lowest BCUT2D eigenvalue weighted by Gasteiger charge is -2.44. The van der Waals surface area contributed by atoms with Crippen LogP contribution in [0.4, 0.5) is 0 Å². The number of carbonyl (C=O) groups excluding carboxylic acids is 2. The third-order valence-corrected chi connectivity index (χ3v) is 5.33. The van der Waals surface area contributed by atoms with Crippen molar-refractivity contribution in [2.45, 2.75) is 51.1 Å². The van der Waals surface area contributed by atoms with E-state index in [4.69, 9.17) is 0 Å². The fourth-order valence-corrected chi connectivity index (χ4v) is 4.27. The largest absolute Gasteiger partial charge is 0.329 e. The van der Waals surface area contributed by atoms with Crippen LogP contribution < -0.4 is 0 Å². The monoisotopic (exact) mass is 293 g/mol. The lowest BCUT2D eigenvalue weighted by Crippen LogP contribution is -2.63. The Labute approximate surface area is 127 Å². The van der Waals surface area contributed by atoms with Crippen molar-refractivity contribution in [3.05, 3.63) is 0 Å². The Hall–Kier alpha value is -1.10. The number of fused-ring (bicyclic) bond motifs is 1. The highest BCUT2D eigenvalue weighted by Gasteiger charge is 2.47. The molecule has 3 rings (SSSR count). The molecule has 0 bridgehead atoms. The van der Waals surface area contributed by atoms with Crippen molar-refractivity contribution in [2.75, 3.05) is 33.2 Å². The summed E-state index contributed by atoms with van der Waals surface area (Å²) in [7, 11) is 2.14. The van der Waals surface area contributed by atoms with Gasteiger partial charge in [0, 0.05) is 19.6 Å². The highest BCUT2D eigenvalue weighted by Crippen LogP contribution is 2.29. The lowest BCUT2D eigenvalue weighted by atomic mass is 9.95. The van der Waals surface area contributed by atoms with E-state index in [0.29, 0.717) is 5.92 Å². The van der Waals surface area contributed by atoms with Crippen molar-refractivity contribution >= 4 is 11.8 Å². The van der Waals surface area contributed by atoms with Gasteiger partial charge in [-0.3, -0.25) is 9.59 Å². The maximum absolute atomic E-state index is 12.8. The van der Waals surface area contributed by atoms with Crippen LogP contribution in [-0.2, 0) is 9.59 Å². The Kier molecular flexibility index (Phi) is 4.20. The molecule has 0 aromatic carbocycles. The molecule has 0 N–H and O–H groups in total. The molecule has 3 heterocycles. The SMILES string of the molecule is CCC1C(=O)N2CCCC2C(=O)N1CC1CCCN(C)C1. The van der Waals surface area contributed by atoms with Crippen molar-refractivity contribution in [1.82, 2.24) is 14.7 Å². The number of amides is 2. The zero-order valence-corrected chi connectivity index (χ0v) is 13.3. The van der Waals surface area contributed by atoms with Crippen molar-refractivity contribution in [1.29, 1.82) is 0 Å². The van der Waals surface area contributed by atoms with Crippen molar-refractivity contribution in [3.8, 4) is 0 Å². The number of piperidine rings is 1. The highest BCUT2D eigenvalue weighted by molar-refractivity contribution is 5.97. The van der Waals surface area contributed by atoms with E-state index in [1.807, 2.05) is 16.7 Å². The van der Waals surface area contributed by atoms with Gasteiger partial charge in [0.25, 0.3) is 0 Å². The van der Waals surface area contributed by atoms with Gasteiger partial charge in [-0.1, -0.05) is 6.92 Å². The maximum atomic E-state index is 12.8. The minimum absolute atomic E-state index is 0.165. The Balaban J connectivity index is 1.75. The molecule has 5 heteroatoms. The number of likely N-dealkylation sites (tertiary alicyclic amines) is 1. The van der Waals surface area contributed by atoms with Crippen LogP contribution >= 0.6 is 0 Å². The fourth-order valence-electron chi connectivity index (χ4n) is 4.27. The first-order valence-corrected chi connectivity index (χ1v) is 8.41. The number of hydrogen-bond donors (Lipinski definition) is 0. The van der Waals surface area contributed by atoms with Gasteiger partial charge < -0.3 is 14.7 Å². The minimum Gasteiger partial charge on any atom is -0.329 e. The van der Waals surface area contributed by atoms with Crippen molar-refractivity contribution in [3.63, 3.8) is 0 Å². The first kappa shape index (κ1) is 14.8. The summed E-state index contributed by atoms with van der Waals surface area (Å²) in [4.78, 5) is 31.5. The Morgan fingerprint density at radius 2 is 1.86 bits per heavy atom. The first-order valence-electron chi connectivity index (χ1n) is 8.41. The minimum atomic E-state index is -0.223. The Morgan fingerprint density at radius 1 is 1.10 bits per heavy atom. The second-order valence-electron chi connectivity index (χ2n) is 6.87. The molecular formula is C16H27N3O2. The van der Waals surface area contributed by atoms with E-state index >= 15 is 0 Å². The van der Waals surface area contributed by atoms with Crippen LogP contribution in [0.2, 0.25) is 0 Å². The molecule has 3 atom stereocenters. The number of rotatable bonds is 3. The summed E-state index contributed by atoms with van der Waals surface area (Å²) in [5, 5.41) is 0. The van der Waals surface area contributed by atoms with Crippen LogP contribution in [0.25, 0.3) is 0 Å². The second-order valence-corrected chi connectivity index (χ2v) is 6.87. The third-order valence-electron chi connectivity index (χ3n) is 5.33. The van der Waals surface area contributed by atoms with E-state index in [1.54, 1.807) is 0 Å². The zero-order chi connectivity index (χ0) is 15.0. The molecule has 3 unspecified atom stereocenters. The standard InChI is InChI=1S/C16H27N3O2/c1-3-13-15(20)18-9-5-7-14(18)16(21)19(13)11-12-6-4-8-17(2)10-12/h12-14H,3-11H2,1-2H3. The normalized spacial score (nSPS) is 34.5. The molecule has 5 nitrogen and oxygen atoms in total. The zero-order valence-electron chi connectivity index (χ0n) is 13.3. The lowest BCUT2D eigenvalue weighted by molar-refractivity contribution is -0.160.